The monoisotopic (exact) mass is 634 g/mol. The molecule has 0 bridgehead atoms. The number of fused-ring (bicyclic) bond motifs is 1. The summed E-state index contributed by atoms with van der Waals surface area (Å²) >= 11 is 0. The van der Waals surface area contributed by atoms with Crippen LogP contribution >= 0.6 is 0 Å². The summed E-state index contributed by atoms with van der Waals surface area (Å²) in [7, 11) is 0. The van der Waals surface area contributed by atoms with Crippen molar-refractivity contribution in [3.8, 4) is 11.1 Å². The van der Waals surface area contributed by atoms with E-state index in [1.54, 1.807) is 13.1 Å². The molecule has 10 heteroatoms. The summed E-state index contributed by atoms with van der Waals surface area (Å²) in [4.78, 5) is 53.3. The summed E-state index contributed by atoms with van der Waals surface area (Å²) in [6.07, 6.45) is 8.93. The van der Waals surface area contributed by atoms with Gasteiger partial charge in [0.25, 0.3) is 5.56 Å². The van der Waals surface area contributed by atoms with Gasteiger partial charge in [-0.3, -0.25) is 19.0 Å². The van der Waals surface area contributed by atoms with E-state index in [-0.39, 0.29) is 35.9 Å². The zero-order valence-electron chi connectivity index (χ0n) is 27.0. The first-order chi connectivity index (χ1) is 22.9. The first kappa shape index (κ1) is 31.1. The lowest BCUT2D eigenvalue weighted by Crippen LogP contribution is -2.38. The van der Waals surface area contributed by atoms with Crippen molar-refractivity contribution in [3.63, 3.8) is 0 Å². The third kappa shape index (κ3) is 6.65. The highest BCUT2D eigenvalue weighted by Gasteiger charge is 2.27. The molecule has 1 N–H and O–H groups in total. The molecule has 3 aliphatic heterocycles. The van der Waals surface area contributed by atoms with E-state index >= 15 is 0 Å². The topological polar surface area (TPSA) is 110 Å². The molecular weight excluding hydrogens is 592 g/mol. The summed E-state index contributed by atoms with van der Waals surface area (Å²) in [6.45, 7) is 5.08. The minimum atomic E-state index is -0.266. The van der Waals surface area contributed by atoms with Crippen LogP contribution in [0.5, 0.6) is 0 Å². The maximum absolute atomic E-state index is 14.4. The average molecular weight is 635 g/mol. The number of carbonyl (C=O) groups is 2. The molecule has 244 valence electrons. The molecule has 0 aliphatic carbocycles. The number of carbonyl (C=O) groups excluding carboxylic acids is 2. The molecule has 47 heavy (non-hydrogen) atoms. The normalized spacial score (nSPS) is 20.0. The molecule has 10 nitrogen and oxygen atoms in total. The van der Waals surface area contributed by atoms with E-state index in [1.165, 1.54) is 11.0 Å². The van der Waals surface area contributed by atoms with Crippen LogP contribution in [0.3, 0.4) is 0 Å². The minimum absolute atomic E-state index is 0.0661. The molecule has 2 atom stereocenters. The first-order valence-electron chi connectivity index (χ1n) is 17.0. The second-order valence-corrected chi connectivity index (χ2v) is 13.0. The molecule has 2 aromatic carbocycles. The molecule has 2 unspecified atom stereocenters. The van der Waals surface area contributed by atoms with E-state index in [0.717, 1.165) is 74.1 Å². The number of benzene rings is 2. The first-order valence-corrected chi connectivity index (χ1v) is 17.0. The minimum Gasteiger partial charge on any atom is -0.374 e. The zero-order chi connectivity index (χ0) is 32.3. The van der Waals surface area contributed by atoms with Crippen LogP contribution < -0.4 is 10.9 Å². The van der Waals surface area contributed by atoms with Crippen LogP contribution in [0.4, 0.5) is 11.6 Å². The smallest absolute Gasteiger partial charge is 0.260 e. The quantitative estimate of drug-likeness (QED) is 0.274. The van der Waals surface area contributed by atoms with Gasteiger partial charge in [0.05, 0.1) is 6.10 Å². The number of ether oxygens (including phenoxy) is 1. The SMILES string of the molecule is CC(=O)N1CCCC(c2ccccc2-c2cc3cnc(Nc4ccc(C5CCCCO5)cc4)nc3n(CC(=O)N3CCCC3)c2=O)C1. The Labute approximate surface area is 274 Å². The predicted octanol–water partition coefficient (Wildman–Crippen LogP) is 5.79. The number of hydrogen-bond donors (Lipinski definition) is 1. The van der Waals surface area contributed by atoms with Gasteiger partial charge in [0, 0.05) is 68.5 Å². The lowest BCUT2D eigenvalue weighted by atomic mass is 9.85. The van der Waals surface area contributed by atoms with Gasteiger partial charge >= 0.3 is 0 Å². The number of anilines is 2. The van der Waals surface area contributed by atoms with Crippen molar-refractivity contribution in [1.82, 2.24) is 24.3 Å². The second kappa shape index (κ2) is 13.7. The number of nitrogens with zero attached hydrogens (tertiary/aromatic N) is 5. The van der Waals surface area contributed by atoms with Crippen molar-refractivity contribution in [3.05, 3.63) is 82.3 Å². The van der Waals surface area contributed by atoms with Crippen LogP contribution in [0, 0.1) is 0 Å². The number of likely N-dealkylation sites (tertiary alicyclic amines) is 2. The van der Waals surface area contributed by atoms with Crippen LogP contribution in [-0.4, -0.2) is 68.9 Å². The molecule has 0 radical (unpaired) electrons. The van der Waals surface area contributed by atoms with Crippen LogP contribution in [0.15, 0.2) is 65.6 Å². The highest BCUT2D eigenvalue weighted by molar-refractivity contribution is 5.85. The molecule has 5 heterocycles. The standard InChI is InChI=1S/C37H42N6O4/c1-25(44)42-19-8-9-27(23-42)30-10-2-3-11-31(30)32-21-28-22-38-37(39-29-15-13-26(14-16-29)33-12-4-7-20-47-33)40-35(28)43(36(32)46)24-34(45)41-17-5-6-18-41/h2-3,10-11,13-16,21-22,27,33H,4-9,12,17-20,23-24H2,1H3,(H,38,39,40). The molecule has 4 aromatic rings. The maximum Gasteiger partial charge on any atom is 0.260 e. The van der Waals surface area contributed by atoms with Gasteiger partial charge in [0.2, 0.25) is 17.8 Å². The Bertz CT molecular complexity index is 1830. The van der Waals surface area contributed by atoms with Gasteiger partial charge in [-0.05, 0) is 79.8 Å². The van der Waals surface area contributed by atoms with Gasteiger partial charge in [0.1, 0.15) is 12.2 Å². The highest BCUT2D eigenvalue weighted by Crippen LogP contribution is 2.35. The fourth-order valence-electron chi connectivity index (χ4n) is 7.29. The van der Waals surface area contributed by atoms with Crippen LogP contribution in [0.1, 0.15) is 75.0 Å². The van der Waals surface area contributed by atoms with Gasteiger partial charge in [-0.15, -0.1) is 0 Å². The molecule has 3 saturated heterocycles. The van der Waals surface area contributed by atoms with Crippen molar-refractivity contribution in [1.29, 1.82) is 0 Å². The third-order valence-corrected chi connectivity index (χ3v) is 9.85. The molecule has 0 spiro atoms. The number of hydrogen-bond acceptors (Lipinski definition) is 7. The Kier molecular flexibility index (Phi) is 9.02. The lowest BCUT2D eigenvalue weighted by molar-refractivity contribution is -0.131. The molecule has 0 saturated carbocycles. The second-order valence-electron chi connectivity index (χ2n) is 13.0. The summed E-state index contributed by atoms with van der Waals surface area (Å²) in [5.74, 6) is 0.434. The summed E-state index contributed by atoms with van der Waals surface area (Å²) in [5, 5.41) is 3.96. The number of rotatable bonds is 7. The largest absolute Gasteiger partial charge is 0.374 e. The summed E-state index contributed by atoms with van der Waals surface area (Å²) < 4.78 is 7.45. The molecule has 7 rings (SSSR count). The molecule has 3 aliphatic rings. The van der Waals surface area contributed by atoms with Crippen molar-refractivity contribution in [2.24, 2.45) is 0 Å². The van der Waals surface area contributed by atoms with E-state index in [2.05, 4.69) is 28.5 Å². The van der Waals surface area contributed by atoms with E-state index in [1.807, 2.05) is 46.2 Å². The van der Waals surface area contributed by atoms with Crippen LogP contribution in [-0.2, 0) is 20.9 Å². The fourth-order valence-corrected chi connectivity index (χ4v) is 7.29. The number of amides is 2. The van der Waals surface area contributed by atoms with Gasteiger partial charge < -0.3 is 19.9 Å². The maximum atomic E-state index is 14.4. The Morgan fingerprint density at radius 1 is 0.915 bits per heavy atom. The Morgan fingerprint density at radius 2 is 1.70 bits per heavy atom. The summed E-state index contributed by atoms with van der Waals surface area (Å²) in [5.41, 5.74) is 4.48. The number of aromatic nitrogens is 3. The number of nitrogens with one attached hydrogen (secondary N) is 1. The summed E-state index contributed by atoms with van der Waals surface area (Å²) in [6, 6.07) is 17.9. The van der Waals surface area contributed by atoms with Gasteiger partial charge in [0.15, 0.2) is 0 Å². The predicted molar refractivity (Wildman–Crippen MR) is 182 cm³/mol. The van der Waals surface area contributed by atoms with Crippen molar-refractivity contribution >= 4 is 34.5 Å². The van der Waals surface area contributed by atoms with Crippen molar-refractivity contribution in [2.45, 2.75) is 70.4 Å². The van der Waals surface area contributed by atoms with Crippen LogP contribution in [0.2, 0.25) is 0 Å². The van der Waals surface area contributed by atoms with Gasteiger partial charge in [-0.2, -0.15) is 4.98 Å². The Balaban J connectivity index is 1.25. The average Bonchev–Trinajstić information content (AvgIpc) is 3.66. The van der Waals surface area contributed by atoms with Crippen molar-refractivity contribution < 1.29 is 14.3 Å². The molecular formula is C37H42N6O4. The number of piperidine rings is 1. The Morgan fingerprint density at radius 3 is 2.47 bits per heavy atom. The third-order valence-electron chi connectivity index (χ3n) is 9.85. The van der Waals surface area contributed by atoms with E-state index < -0.39 is 0 Å². The van der Waals surface area contributed by atoms with E-state index in [9.17, 15) is 14.4 Å². The molecule has 2 aromatic heterocycles. The molecule has 3 fully saturated rings. The lowest BCUT2D eigenvalue weighted by Gasteiger charge is -2.33. The molecule has 2 amide bonds. The van der Waals surface area contributed by atoms with Gasteiger partial charge in [-0.1, -0.05) is 36.4 Å². The van der Waals surface area contributed by atoms with Gasteiger partial charge in [-0.25, -0.2) is 4.98 Å². The number of pyridine rings is 1. The Hall–Kier alpha value is -4.57. The van der Waals surface area contributed by atoms with Crippen LogP contribution in [0.25, 0.3) is 22.2 Å². The van der Waals surface area contributed by atoms with E-state index in [0.29, 0.717) is 42.2 Å². The zero-order valence-corrected chi connectivity index (χ0v) is 27.0. The van der Waals surface area contributed by atoms with Crippen molar-refractivity contribution in [2.75, 3.05) is 38.1 Å². The van der Waals surface area contributed by atoms with E-state index in [4.69, 9.17) is 9.72 Å². The fraction of sp³-hybridized carbons (Fsp3) is 0.432. The highest BCUT2D eigenvalue weighted by atomic mass is 16.5.